The maximum absolute atomic E-state index is 12.9. The Kier molecular flexibility index (Phi) is 4.77. The second-order valence-corrected chi connectivity index (χ2v) is 6.86. The third-order valence-corrected chi connectivity index (χ3v) is 4.07. The zero-order chi connectivity index (χ0) is 19.6. The van der Waals surface area contributed by atoms with Gasteiger partial charge in [-0.25, -0.2) is 0 Å². The molecule has 0 saturated carbocycles. The number of benzene rings is 2. The second kappa shape index (κ2) is 7.03. The van der Waals surface area contributed by atoms with Crippen LogP contribution in [0.5, 0.6) is 0 Å². The summed E-state index contributed by atoms with van der Waals surface area (Å²) in [6, 6.07) is 15.5. The maximum atomic E-state index is 12.9. The standard InChI is InChI=1S/C20H19N3O4/c1-20(2,12-16(24)25)21-18(26)17-14-10-6-7-11-15(14)19(27)23(22-17)13-8-4-3-5-9-13/h3-11H,12H2,1-2H3,(H,21,26)(H,24,25). The molecule has 0 aliphatic rings. The summed E-state index contributed by atoms with van der Waals surface area (Å²) in [5.74, 6) is -1.56. The van der Waals surface area contributed by atoms with Gasteiger partial charge in [-0.3, -0.25) is 14.4 Å². The average Bonchev–Trinajstić information content (AvgIpc) is 2.61. The summed E-state index contributed by atoms with van der Waals surface area (Å²) >= 11 is 0. The third kappa shape index (κ3) is 3.87. The van der Waals surface area contributed by atoms with Crippen LogP contribution in [-0.4, -0.2) is 32.3 Å². The lowest BCUT2D eigenvalue weighted by atomic mass is 10.00. The van der Waals surface area contributed by atoms with E-state index in [4.69, 9.17) is 5.11 Å². The van der Waals surface area contributed by atoms with Gasteiger partial charge in [0.15, 0.2) is 5.69 Å². The molecule has 0 aliphatic heterocycles. The minimum Gasteiger partial charge on any atom is -0.481 e. The van der Waals surface area contributed by atoms with E-state index in [1.165, 1.54) is 4.68 Å². The Morgan fingerprint density at radius 3 is 2.26 bits per heavy atom. The van der Waals surface area contributed by atoms with Crippen LogP contribution in [0.2, 0.25) is 0 Å². The van der Waals surface area contributed by atoms with Crippen molar-refractivity contribution < 1.29 is 14.7 Å². The fourth-order valence-corrected chi connectivity index (χ4v) is 2.89. The number of aliphatic carboxylic acids is 1. The van der Waals surface area contributed by atoms with E-state index in [0.717, 1.165) is 0 Å². The highest BCUT2D eigenvalue weighted by molar-refractivity contribution is 6.05. The van der Waals surface area contributed by atoms with Gasteiger partial charge in [0.05, 0.1) is 17.5 Å². The molecule has 7 heteroatoms. The highest BCUT2D eigenvalue weighted by Gasteiger charge is 2.26. The summed E-state index contributed by atoms with van der Waals surface area (Å²) in [5, 5.41) is 16.8. The zero-order valence-corrected chi connectivity index (χ0v) is 15.0. The fourth-order valence-electron chi connectivity index (χ4n) is 2.89. The minimum atomic E-state index is -1.02. The largest absolute Gasteiger partial charge is 0.481 e. The molecule has 7 nitrogen and oxygen atoms in total. The van der Waals surface area contributed by atoms with Crippen molar-refractivity contribution >= 4 is 22.6 Å². The number of rotatable bonds is 5. The predicted molar refractivity (Wildman–Crippen MR) is 101 cm³/mol. The molecule has 1 aromatic heterocycles. The molecule has 2 N–H and O–H groups in total. The van der Waals surface area contributed by atoms with E-state index in [-0.39, 0.29) is 17.7 Å². The molecule has 0 unspecified atom stereocenters. The van der Waals surface area contributed by atoms with Crippen LogP contribution in [0.25, 0.3) is 16.5 Å². The van der Waals surface area contributed by atoms with Gasteiger partial charge in [0, 0.05) is 10.9 Å². The minimum absolute atomic E-state index is 0.0625. The van der Waals surface area contributed by atoms with Crippen LogP contribution in [0, 0.1) is 0 Å². The molecule has 2 aromatic carbocycles. The molecule has 0 spiro atoms. The number of carbonyl (C=O) groups is 2. The van der Waals surface area contributed by atoms with Gasteiger partial charge in [0.1, 0.15) is 0 Å². The number of nitrogens with zero attached hydrogens (tertiary/aromatic N) is 2. The molecule has 0 saturated heterocycles. The first-order chi connectivity index (χ1) is 12.8. The van der Waals surface area contributed by atoms with Crippen molar-refractivity contribution in [3.8, 4) is 5.69 Å². The van der Waals surface area contributed by atoms with E-state index < -0.39 is 17.4 Å². The van der Waals surface area contributed by atoms with Gasteiger partial charge in [-0.1, -0.05) is 36.4 Å². The Bertz CT molecular complexity index is 1070. The molecule has 138 valence electrons. The normalized spacial score (nSPS) is 11.3. The Labute approximate surface area is 155 Å². The molecule has 0 radical (unpaired) electrons. The Balaban J connectivity index is 2.15. The molecular formula is C20H19N3O4. The highest BCUT2D eigenvalue weighted by Crippen LogP contribution is 2.17. The van der Waals surface area contributed by atoms with Crippen LogP contribution in [0.4, 0.5) is 0 Å². The number of fused-ring (bicyclic) bond motifs is 1. The molecule has 0 aliphatic carbocycles. The van der Waals surface area contributed by atoms with E-state index in [1.807, 2.05) is 6.07 Å². The van der Waals surface area contributed by atoms with Crippen LogP contribution in [0.3, 0.4) is 0 Å². The van der Waals surface area contributed by atoms with Gasteiger partial charge in [-0.15, -0.1) is 0 Å². The van der Waals surface area contributed by atoms with E-state index in [2.05, 4.69) is 10.4 Å². The molecule has 3 aromatic rings. The van der Waals surface area contributed by atoms with Crippen molar-refractivity contribution in [2.24, 2.45) is 0 Å². The fraction of sp³-hybridized carbons (Fsp3) is 0.200. The first kappa shape index (κ1) is 18.3. The lowest BCUT2D eigenvalue weighted by Crippen LogP contribution is -2.45. The molecule has 1 heterocycles. The molecular weight excluding hydrogens is 346 g/mol. The van der Waals surface area contributed by atoms with Crippen LogP contribution in [0.15, 0.2) is 59.4 Å². The lowest BCUT2D eigenvalue weighted by molar-refractivity contribution is -0.138. The molecule has 3 rings (SSSR count). The molecule has 0 fully saturated rings. The van der Waals surface area contributed by atoms with Gasteiger partial charge >= 0.3 is 5.97 Å². The predicted octanol–water partition coefficient (Wildman–Crippen LogP) is 2.37. The van der Waals surface area contributed by atoms with Crippen molar-refractivity contribution in [3.63, 3.8) is 0 Å². The van der Waals surface area contributed by atoms with Crippen molar-refractivity contribution in [2.75, 3.05) is 0 Å². The summed E-state index contributed by atoms with van der Waals surface area (Å²) in [6.07, 6.45) is -0.241. The first-order valence-electron chi connectivity index (χ1n) is 8.40. The van der Waals surface area contributed by atoms with E-state index in [0.29, 0.717) is 16.5 Å². The quantitative estimate of drug-likeness (QED) is 0.723. The van der Waals surface area contributed by atoms with Gasteiger partial charge in [-0.05, 0) is 32.0 Å². The number of hydrogen-bond donors (Lipinski definition) is 2. The number of carbonyl (C=O) groups excluding carboxylic acids is 1. The Morgan fingerprint density at radius 2 is 1.63 bits per heavy atom. The summed E-state index contributed by atoms with van der Waals surface area (Å²) in [6.45, 7) is 3.24. The number of para-hydroxylation sites is 1. The van der Waals surface area contributed by atoms with Crippen LogP contribution < -0.4 is 10.9 Å². The number of hydrogen-bond acceptors (Lipinski definition) is 4. The first-order valence-corrected chi connectivity index (χ1v) is 8.40. The van der Waals surface area contributed by atoms with Gasteiger partial charge < -0.3 is 10.4 Å². The number of nitrogens with one attached hydrogen (secondary N) is 1. The summed E-state index contributed by atoms with van der Waals surface area (Å²) in [4.78, 5) is 36.7. The molecule has 0 atom stereocenters. The lowest BCUT2D eigenvalue weighted by Gasteiger charge is -2.24. The molecule has 0 bridgehead atoms. The van der Waals surface area contributed by atoms with Crippen molar-refractivity contribution in [1.29, 1.82) is 0 Å². The molecule has 1 amide bonds. The third-order valence-electron chi connectivity index (χ3n) is 4.07. The number of aromatic nitrogens is 2. The number of carboxylic acid groups (broad SMARTS) is 1. The number of carboxylic acids is 1. The second-order valence-electron chi connectivity index (χ2n) is 6.86. The summed E-state index contributed by atoms with van der Waals surface area (Å²) in [7, 11) is 0. The SMILES string of the molecule is CC(C)(CC(=O)O)NC(=O)c1nn(-c2ccccc2)c(=O)c2ccccc12. The highest BCUT2D eigenvalue weighted by atomic mass is 16.4. The van der Waals surface area contributed by atoms with E-state index >= 15 is 0 Å². The van der Waals surface area contributed by atoms with Crippen LogP contribution in [0.1, 0.15) is 30.8 Å². The van der Waals surface area contributed by atoms with Gasteiger partial charge in [0.2, 0.25) is 0 Å². The van der Waals surface area contributed by atoms with Crippen LogP contribution >= 0.6 is 0 Å². The van der Waals surface area contributed by atoms with Crippen molar-refractivity contribution in [3.05, 3.63) is 70.6 Å². The summed E-state index contributed by atoms with van der Waals surface area (Å²) in [5.41, 5.74) is -0.711. The molecule has 27 heavy (non-hydrogen) atoms. The van der Waals surface area contributed by atoms with Gasteiger partial charge in [-0.2, -0.15) is 9.78 Å². The van der Waals surface area contributed by atoms with E-state index in [9.17, 15) is 14.4 Å². The van der Waals surface area contributed by atoms with Crippen molar-refractivity contribution in [1.82, 2.24) is 15.1 Å². The maximum Gasteiger partial charge on any atom is 0.305 e. The zero-order valence-electron chi connectivity index (χ0n) is 15.0. The van der Waals surface area contributed by atoms with Gasteiger partial charge in [0.25, 0.3) is 11.5 Å². The number of amides is 1. The Morgan fingerprint density at radius 1 is 1.04 bits per heavy atom. The topological polar surface area (TPSA) is 101 Å². The smallest absolute Gasteiger partial charge is 0.305 e. The van der Waals surface area contributed by atoms with Crippen LogP contribution in [-0.2, 0) is 4.79 Å². The monoisotopic (exact) mass is 365 g/mol. The van der Waals surface area contributed by atoms with E-state index in [1.54, 1.807) is 62.4 Å². The summed E-state index contributed by atoms with van der Waals surface area (Å²) < 4.78 is 1.18. The Hall–Kier alpha value is -3.48. The average molecular weight is 365 g/mol. The van der Waals surface area contributed by atoms with Crippen molar-refractivity contribution in [2.45, 2.75) is 25.8 Å².